The highest BCUT2D eigenvalue weighted by atomic mass is 35.5. The summed E-state index contributed by atoms with van der Waals surface area (Å²) in [5.41, 5.74) is 0. The van der Waals surface area contributed by atoms with Gasteiger partial charge in [-0.3, -0.25) is 0 Å². The van der Waals surface area contributed by atoms with E-state index in [-0.39, 0.29) is 0 Å². The first-order valence-corrected chi connectivity index (χ1v) is 6.07. The molecule has 0 unspecified atom stereocenters. The Morgan fingerprint density at radius 1 is 1.31 bits per heavy atom. The molecule has 0 aromatic carbocycles. The van der Waals surface area contributed by atoms with Crippen LogP contribution in [0.5, 0.6) is 0 Å². The van der Waals surface area contributed by atoms with Crippen LogP contribution in [0.4, 0.5) is 11.8 Å². The maximum absolute atomic E-state index is 5.61. The van der Waals surface area contributed by atoms with Gasteiger partial charge in [-0.25, -0.2) is 4.98 Å². The van der Waals surface area contributed by atoms with Gasteiger partial charge >= 0.3 is 0 Å². The van der Waals surface area contributed by atoms with Crippen LogP contribution in [0.3, 0.4) is 0 Å². The van der Waals surface area contributed by atoms with Gasteiger partial charge in [0.05, 0.1) is 0 Å². The lowest BCUT2D eigenvalue weighted by Gasteiger charge is -2.11. The topological polar surface area (TPSA) is 41.1 Å². The number of alkyl halides is 1. The summed E-state index contributed by atoms with van der Waals surface area (Å²) in [7, 11) is 3.86. The van der Waals surface area contributed by atoms with Crippen LogP contribution < -0.4 is 10.2 Å². The Balaban J connectivity index is 2.33. The first kappa shape index (κ1) is 13.0. The number of nitrogens with zero attached hydrogens (tertiary/aromatic N) is 3. The van der Waals surface area contributed by atoms with E-state index in [1.54, 1.807) is 6.20 Å². The van der Waals surface area contributed by atoms with Gasteiger partial charge in [-0.1, -0.05) is 6.42 Å². The van der Waals surface area contributed by atoms with E-state index in [9.17, 15) is 0 Å². The Labute approximate surface area is 102 Å². The average molecular weight is 243 g/mol. The Hall–Kier alpha value is -1.03. The molecule has 0 spiro atoms. The number of hydrogen-bond acceptors (Lipinski definition) is 4. The normalized spacial score (nSPS) is 10.2. The fraction of sp³-hybridized carbons (Fsp3) is 0.636. The van der Waals surface area contributed by atoms with Crippen LogP contribution >= 0.6 is 11.6 Å². The number of halogens is 1. The summed E-state index contributed by atoms with van der Waals surface area (Å²) < 4.78 is 0. The maximum Gasteiger partial charge on any atom is 0.226 e. The summed E-state index contributed by atoms with van der Waals surface area (Å²) in [6.07, 6.45) is 5.12. The van der Waals surface area contributed by atoms with Gasteiger partial charge in [-0.05, 0) is 18.9 Å². The molecule has 0 saturated heterocycles. The Bertz CT molecular complexity index is 304. The fourth-order valence-electron chi connectivity index (χ4n) is 1.28. The molecule has 1 rings (SSSR count). The van der Waals surface area contributed by atoms with Crippen molar-refractivity contribution in [2.45, 2.75) is 19.3 Å². The summed E-state index contributed by atoms with van der Waals surface area (Å²) >= 11 is 5.61. The standard InChI is InChI=1S/C11H19ClN4/c1-16(2)11-14-9-6-10(15-11)13-8-5-3-4-7-12/h6,9H,3-5,7-8H2,1-2H3,(H,13,14,15). The molecule has 0 aliphatic carbocycles. The van der Waals surface area contributed by atoms with E-state index in [0.29, 0.717) is 0 Å². The second-order valence-corrected chi connectivity index (χ2v) is 4.19. The average Bonchev–Trinajstić information content (AvgIpc) is 2.29. The highest BCUT2D eigenvalue weighted by Gasteiger charge is 1.99. The first-order valence-electron chi connectivity index (χ1n) is 5.54. The molecule has 5 heteroatoms. The predicted molar refractivity (Wildman–Crippen MR) is 69.4 cm³/mol. The van der Waals surface area contributed by atoms with Crippen LogP contribution in [0.1, 0.15) is 19.3 Å². The van der Waals surface area contributed by atoms with Gasteiger partial charge in [-0.15, -0.1) is 11.6 Å². The summed E-state index contributed by atoms with van der Waals surface area (Å²) in [6.45, 7) is 0.931. The minimum absolute atomic E-state index is 0.728. The molecule has 1 N–H and O–H groups in total. The third kappa shape index (κ3) is 4.66. The predicted octanol–water partition coefficient (Wildman–Crippen LogP) is 2.36. The number of nitrogens with one attached hydrogen (secondary N) is 1. The van der Waals surface area contributed by atoms with Gasteiger partial charge in [0.1, 0.15) is 5.82 Å². The zero-order chi connectivity index (χ0) is 11.8. The molecule has 1 aromatic heterocycles. The van der Waals surface area contributed by atoms with Crippen molar-refractivity contribution in [2.75, 3.05) is 36.7 Å². The van der Waals surface area contributed by atoms with Gasteiger partial charge < -0.3 is 10.2 Å². The lowest BCUT2D eigenvalue weighted by Crippen LogP contribution is -2.14. The molecule has 0 amide bonds. The molecule has 0 fully saturated rings. The van der Waals surface area contributed by atoms with E-state index in [1.807, 2.05) is 25.1 Å². The Morgan fingerprint density at radius 3 is 2.81 bits per heavy atom. The number of hydrogen-bond donors (Lipinski definition) is 1. The molecule has 0 saturated carbocycles. The van der Waals surface area contributed by atoms with Gasteiger partial charge in [-0.2, -0.15) is 4.98 Å². The number of aromatic nitrogens is 2. The lowest BCUT2D eigenvalue weighted by molar-refractivity contribution is 0.745. The van der Waals surface area contributed by atoms with E-state index >= 15 is 0 Å². The van der Waals surface area contributed by atoms with Gasteiger partial charge in [0.2, 0.25) is 5.95 Å². The SMILES string of the molecule is CN(C)c1nccc(NCCCCCCl)n1. The van der Waals surface area contributed by atoms with Crippen molar-refractivity contribution in [2.24, 2.45) is 0 Å². The Kier molecular flexibility index (Phi) is 5.93. The zero-order valence-electron chi connectivity index (χ0n) is 9.91. The molecule has 4 nitrogen and oxygen atoms in total. The van der Waals surface area contributed by atoms with Crippen LogP contribution in [0, 0.1) is 0 Å². The largest absolute Gasteiger partial charge is 0.370 e. The van der Waals surface area contributed by atoms with E-state index in [4.69, 9.17) is 11.6 Å². The van der Waals surface area contributed by atoms with Crippen LogP contribution in [0.25, 0.3) is 0 Å². The second kappa shape index (κ2) is 7.28. The molecular weight excluding hydrogens is 224 g/mol. The summed E-state index contributed by atoms with van der Waals surface area (Å²) in [4.78, 5) is 10.4. The van der Waals surface area contributed by atoms with E-state index in [2.05, 4.69) is 15.3 Å². The fourth-order valence-corrected chi connectivity index (χ4v) is 1.46. The van der Waals surface area contributed by atoms with Crippen molar-refractivity contribution in [3.63, 3.8) is 0 Å². The third-order valence-corrected chi connectivity index (χ3v) is 2.43. The van der Waals surface area contributed by atoms with Gasteiger partial charge in [0, 0.05) is 32.7 Å². The zero-order valence-corrected chi connectivity index (χ0v) is 10.7. The number of unbranched alkanes of at least 4 members (excludes halogenated alkanes) is 2. The summed E-state index contributed by atoms with van der Waals surface area (Å²) in [5.74, 6) is 2.36. The molecule has 1 aromatic rings. The van der Waals surface area contributed by atoms with Crippen molar-refractivity contribution in [1.29, 1.82) is 0 Å². The van der Waals surface area contributed by atoms with Crippen molar-refractivity contribution in [3.8, 4) is 0 Å². The van der Waals surface area contributed by atoms with Crippen molar-refractivity contribution in [3.05, 3.63) is 12.3 Å². The van der Waals surface area contributed by atoms with Crippen LogP contribution in [0.15, 0.2) is 12.3 Å². The molecule has 0 bridgehead atoms. The van der Waals surface area contributed by atoms with Crippen LogP contribution in [0.2, 0.25) is 0 Å². The van der Waals surface area contributed by atoms with Crippen molar-refractivity contribution < 1.29 is 0 Å². The molecular formula is C11H19ClN4. The van der Waals surface area contributed by atoms with Crippen LogP contribution in [-0.2, 0) is 0 Å². The highest BCUT2D eigenvalue weighted by Crippen LogP contribution is 2.08. The molecule has 0 radical (unpaired) electrons. The molecule has 1 heterocycles. The highest BCUT2D eigenvalue weighted by molar-refractivity contribution is 6.17. The van der Waals surface area contributed by atoms with E-state index in [0.717, 1.165) is 43.5 Å². The molecule has 90 valence electrons. The monoisotopic (exact) mass is 242 g/mol. The van der Waals surface area contributed by atoms with Crippen molar-refractivity contribution >= 4 is 23.4 Å². The number of anilines is 2. The van der Waals surface area contributed by atoms with Gasteiger partial charge in [0.15, 0.2) is 0 Å². The summed E-state index contributed by atoms with van der Waals surface area (Å²) in [6, 6.07) is 1.88. The molecule has 0 aliphatic rings. The Morgan fingerprint density at radius 2 is 2.12 bits per heavy atom. The lowest BCUT2D eigenvalue weighted by atomic mass is 10.2. The summed E-state index contributed by atoms with van der Waals surface area (Å²) in [5, 5.41) is 3.28. The second-order valence-electron chi connectivity index (χ2n) is 3.81. The molecule has 0 aliphatic heterocycles. The molecule has 16 heavy (non-hydrogen) atoms. The third-order valence-electron chi connectivity index (χ3n) is 2.16. The first-order chi connectivity index (χ1) is 7.74. The van der Waals surface area contributed by atoms with E-state index in [1.165, 1.54) is 0 Å². The smallest absolute Gasteiger partial charge is 0.226 e. The van der Waals surface area contributed by atoms with Crippen molar-refractivity contribution in [1.82, 2.24) is 9.97 Å². The van der Waals surface area contributed by atoms with E-state index < -0.39 is 0 Å². The minimum Gasteiger partial charge on any atom is -0.370 e. The molecule has 0 atom stereocenters. The quantitative estimate of drug-likeness (QED) is 0.589. The number of rotatable bonds is 7. The minimum atomic E-state index is 0.728. The maximum atomic E-state index is 5.61. The van der Waals surface area contributed by atoms with Crippen LogP contribution in [-0.4, -0.2) is 36.5 Å². The van der Waals surface area contributed by atoms with Gasteiger partial charge in [0.25, 0.3) is 0 Å².